The van der Waals surface area contributed by atoms with Gasteiger partial charge in [-0.25, -0.2) is 9.18 Å². The molecule has 0 spiro atoms. The average molecular weight is 359 g/mol. The molecule has 2 aliphatic rings. The highest BCUT2D eigenvalue weighted by Gasteiger charge is 2.28. The lowest BCUT2D eigenvalue weighted by molar-refractivity contribution is 0.155. The van der Waals surface area contributed by atoms with E-state index in [-0.39, 0.29) is 23.5 Å². The van der Waals surface area contributed by atoms with E-state index in [4.69, 9.17) is 5.11 Å². The van der Waals surface area contributed by atoms with Crippen LogP contribution in [0.15, 0.2) is 29.1 Å². The number of benzene rings is 1. The van der Waals surface area contributed by atoms with Gasteiger partial charge in [0.25, 0.3) is 5.56 Å². The predicted octanol–water partition coefficient (Wildman–Crippen LogP) is 2.36. The second-order valence-corrected chi connectivity index (χ2v) is 7.22. The molecule has 3 heterocycles. The molecule has 1 unspecified atom stereocenters. The maximum atomic E-state index is 14.2. The molecule has 1 atom stereocenters. The van der Waals surface area contributed by atoms with E-state index in [0.717, 1.165) is 49.8 Å². The molecule has 1 amide bonds. The van der Waals surface area contributed by atoms with Crippen molar-refractivity contribution in [3.05, 3.63) is 46.0 Å². The van der Waals surface area contributed by atoms with E-state index in [1.165, 1.54) is 6.07 Å². The van der Waals surface area contributed by atoms with Crippen molar-refractivity contribution < 1.29 is 14.3 Å². The molecule has 2 aromatic rings. The third-order valence-electron chi connectivity index (χ3n) is 5.62. The van der Waals surface area contributed by atoms with Crippen LogP contribution >= 0.6 is 0 Å². The normalized spacial score (nSPS) is 21.0. The molecule has 6 nitrogen and oxygen atoms in total. The summed E-state index contributed by atoms with van der Waals surface area (Å²) in [5.41, 5.74) is 1.29. The monoisotopic (exact) mass is 359 g/mol. The Bertz CT molecular complexity index is 903. The fraction of sp³-hybridized carbons (Fsp3) is 0.474. The number of carboxylic acid groups (broad SMARTS) is 1. The number of aryl methyl sites for hydroxylation is 1. The van der Waals surface area contributed by atoms with Gasteiger partial charge in [-0.2, -0.15) is 0 Å². The molecule has 7 heteroatoms. The van der Waals surface area contributed by atoms with Crippen LogP contribution in [-0.4, -0.2) is 46.3 Å². The van der Waals surface area contributed by atoms with Gasteiger partial charge in [0, 0.05) is 37.3 Å². The topological polar surface area (TPSA) is 74.6 Å². The Morgan fingerprint density at radius 2 is 1.92 bits per heavy atom. The minimum atomic E-state index is -0.979. The van der Waals surface area contributed by atoms with Crippen molar-refractivity contribution >= 4 is 17.0 Å². The van der Waals surface area contributed by atoms with E-state index in [1.54, 1.807) is 22.8 Å². The van der Waals surface area contributed by atoms with E-state index < -0.39 is 6.09 Å². The Balaban J connectivity index is 1.56. The number of halogens is 1. The number of rotatable bonds is 3. The molecule has 2 aliphatic heterocycles. The van der Waals surface area contributed by atoms with E-state index in [2.05, 4.69) is 10.2 Å². The van der Waals surface area contributed by atoms with Gasteiger partial charge < -0.3 is 19.9 Å². The third kappa shape index (κ3) is 3.07. The Hall–Kier alpha value is -2.41. The van der Waals surface area contributed by atoms with Gasteiger partial charge in [0.2, 0.25) is 0 Å². The molecule has 0 aliphatic carbocycles. The molecule has 0 bridgehead atoms. The maximum Gasteiger partial charge on any atom is 0.404 e. The number of piperidine rings is 1. The number of hydrogen-bond donors (Lipinski definition) is 2. The number of pyridine rings is 1. The quantitative estimate of drug-likeness (QED) is 0.882. The predicted molar refractivity (Wildman–Crippen MR) is 96.1 cm³/mol. The van der Waals surface area contributed by atoms with Crippen LogP contribution in [0.1, 0.15) is 30.9 Å². The second-order valence-electron chi connectivity index (χ2n) is 7.22. The number of nitrogens with one attached hydrogen (secondary N) is 1. The summed E-state index contributed by atoms with van der Waals surface area (Å²) in [7, 11) is 0. The number of carbonyl (C=O) groups is 1. The van der Waals surface area contributed by atoms with Gasteiger partial charge in [-0.05, 0) is 49.3 Å². The van der Waals surface area contributed by atoms with Crippen LogP contribution in [-0.2, 0) is 6.42 Å². The van der Waals surface area contributed by atoms with Gasteiger partial charge in [0.05, 0.1) is 11.6 Å². The van der Waals surface area contributed by atoms with Gasteiger partial charge >= 0.3 is 6.09 Å². The fourth-order valence-corrected chi connectivity index (χ4v) is 4.35. The summed E-state index contributed by atoms with van der Waals surface area (Å²) in [5.74, 6) is -0.240. The van der Waals surface area contributed by atoms with Gasteiger partial charge in [-0.15, -0.1) is 0 Å². The summed E-state index contributed by atoms with van der Waals surface area (Å²) in [4.78, 5) is 25.6. The van der Waals surface area contributed by atoms with Crippen molar-refractivity contribution in [3.8, 4) is 0 Å². The summed E-state index contributed by atoms with van der Waals surface area (Å²) in [5, 5.41) is 12.3. The molecule has 1 saturated heterocycles. The minimum Gasteiger partial charge on any atom is -0.465 e. The van der Waals surface area contributed by atoms with Crippen LogP contribution < -0.4 is 10.9 Å². The summed E-state index contributed by atoms with van der Waals surface area (Å²) >= 11 is 0. The molecular formula is C19H22FN3O3. The van der Waals surface area contributed by atoms with E-state index in [1.807, 2.05) is 0 Å². The summed E-state index contributed by atoms with van der Waals surface area (Å²) in [6.45, 7) is 2.32. The molecule has 2 N–H and O–H groups in total. The Labute approximate surface area is 150 Å². The molecule has 0 saturated carbocycles. The highest BCUT2D eigenvalue weighted by molar-refractivity contribution is 5.83. The van der Waals surface area contributed by atoms with Gasteiger partial charge in [-0.1, -0.05) is 0 Å². The molecule has 138 valence electrons. The molecule has 4 rings (SSSR count). The smallest absolute Gasteiger partial charge is 0.404 e. The molecule has 0 radical (unpaired) electrons. The molecular weight excluding hydrogens is 337 g/mol. The molecule has 1 aromatic carbocycles. The Kier molecular flexibility index (Phi) is 4.40. The summed E-state index contributed by atoms with van der Waals surface area (Å²) in [6, 6.07) is 6.55. The van der Waals surface area contributed by atoms with Crippen molar-refractivity contribution in [2.45, 2.75) is 37.8 Å². The van der Waals surface area contributed by atoms with Gasteiger partial charge in [0.1, 0.15) is 5.82 Å². The zero-order chi connectivity index (χ0) is 18.3. The van der Waals surface area contributed by atoms with Crippen molar-refractivity contribution in [1.82, 2.24) is 14.8 Å². The van der Waals surface area contributed by atoms with Gasteiger partial charge in [-0.3, -0.25) is 4.79 Å². The first-order valence-corrected chi connectivity index (χ1v) is 9.07. The Morgan fingerprint density at radius 1 is 1.19 bits per heavy atom. The van der Waals surface area contributed by atoms with Crippen LogP contribution in [0.4, 0.5) is 9.18 Å². The standard InChI is InChI=1S/C19H22FN3O3/c20-16-5-1-12-2-6-17(24)23-14(3-4-15(16)18(12)23)11-22-9-7-13(8-10-22)21-19(25)26/h1-2,5-6,13-14,21H,3-4,7-11H2,(H,25,26). The van der Waals surface area contributed by atoms with Crippen molar-refractivity contribution in [2.24, 2.45) is 0 Å². The summed E-state index contributed by atoms with van der Waals surface area (Å²) in [6.07, 6.45) is 1.92. The van der Waals surface area contributed by atoms with Crippen molar-refractivity contribution in [3.63, 3.8) is 0 Å². The van der Waals surface area contributed by atoms with Crippen molar-refractivity contribution in [2.75, 3.05) is 19.6 Å². The van der Waals surface area contributed by atoms with Crippen molar-refractivity contribution in [1.29, 1.82) is 0 Å². The molecule has 26 heavy (non-hydrogen) atoms. The fourth-order valence-electron chi connectivity index (χ4n) is 4.35. The maximum absolute atomic E-state index is 14.2. The second kappa shape index (κ2) is 6.72. The zero-order valence-corrected chi connectivity index (χ0v) is 14.4. The van der Waals surface area contributed by atoms with E-state index >= 15 is 0 Å². The SMILES string of the molecule is O=C(O)NC1CCN(CC2CCc3c(F)ccc4ccc(=O)n2c34)CC1. The van der Waals surface area contributed by atoms with Crippen LogP contribution in [0.25, 0.3) is 10.9 Å². The number of nitrogens with zero attached hydrogens (tertiary/aromatic N) is 2. The van der Waals surface area contributed by atoms with Crippen LogP contribution in [0, 0.1) is 5.82 Å². The number of amides is 1. The largest absolute Gasteiger partial charge is 0.465 e. The minimum absolute atomic E-state index is 0.00363. The van der Waals surface area contributed by atoms with Gasteiger partial charge in [0.15, 0.2) is 0 Å². The average Bonchev–Trinajstić information content (AvgIpc) is 2.62. The highest BCUT2D eigenvalue weighted by Crippen LogP contribution is 2.31. The summed E-state index contributed by atoms with van der Waals surface area (Å²) < 4.78 is 16.0. The zero-order valence-electron chi connectivity index (χ0n) is 14.4. The first-order chi connectivity index (χ1) is 12.5. The Morgan fingerprint density at radius 3 is 2.65 bits per heavy atom. The lowest BCUT2D eigenvalue weighted by Crippen LogP contribution is -2.46. The third-order valence-corrected chi connectivity index (χ3v) is 5.62. The molecule has 1 aromatic heterocycles. The van der Waals surface area contributed by atoms with E-state index in [0.29, 0.717) is 12.0 Å². The number of likely N-dealkylation sites (tertiary alicyclic amines) is 1. The first kappa shape index (κ1) is 17.0. The highest BCUT2D eigenvalue weighted by atomic mass is 19.1. The lowest BCUT2D eigenvalue weighted by Gasteiger charge is -2.36. The first-order valence-electron chi connectivity index (χ1n) is 9.07. The lowest BCUT2D eigenvalue weighted by atomic mass is 9.95. The van der Waals surface area contributed by atoms with E-state index in [9.17, 15) is 14.0 Å². The molecule has 1 fully saturated rings. The number of aromatic nitrogens is 1. The number of hydrogen-bond acceptors (Lipinski definition) is 3. The van der Waals surface area contributed by atoms with Crippen LogP contribution in [0.2, 0.25) is 0 Å². The van der Waals surface area contributed by atoms with Crippen LogP contribution in [0.5, 0.6) is 0 Å². The van der Waals surface area contributed by atoms with Crippen LogP contribution in [0.3, 0.4) is 0 Å².